The molecule has 1 aliphatic carbocycles. The van der Waals surface area contributed by atoms with Crippen LogP contribution < -0.4 is 4.74 Å². The van der Waals surface area contributed by atoms with Crippen molar-refractivity contribution in [3.05, 3.63) is 65.2 Å². The third-order valence-corrected chi connectivity index (χ3v) is 5.55. The molecule has 1 nitrogen and oxygen atoms in total. The van der Waals surface area contributed by atoms with Crippen LogP contribution in [-0.2, 0) is 6.61 Å². The fraction of sp³-hybridized carbons (Fsp3) is 0.478. The van der Waals surface area contributed by atoms with E-state index in [9.17, 15) is 8.78 Å². The number of hydrogen-bond acceptors (Lipinski definition) is 1. The quantitative estimate of drug-likeness (QED) is 0.517. The van der Waals surface area contributed by atoms with Gasteiger partial charge in [-0.15, -0.1) is 0 Å². The van der Waals surface area contributed by atoms with Crippen molar-refractivity contribution in [1.29, 1.82) is 0 Å². The number of rotatable bonds is 7. The Morgan fingerprint density at radius 3 is 2.35 bits per heavy atom. The number of halogens is 2. The molecule has 2 aromatic rings. The third-order valence-electron chi connectivity index (χ3n) is 5.55. The lowest BCUT2D eigenvalue weighted by Crippen LogP contribution is -2.13. The van der Waals surface area contributed by atoms with Crippen LogP contribution in [0, 0.1) is 17.6 Å². The molecule has 0 radical (unpaired) electrons. The van der Waals surface area contributed by atoms with E-state index in [0.717, 1.165) is 17.5 Å². The lowest BCUT2D eigenvalue weighted by atomic mass is 9.77. The molecule has 3 rings (SSSR count). The predicted molar refractivity (Wildman–Crippen MR) is 101 cm³/mol. The van der Waals surface area contributed by atoms with Gasteiger partial charge >= 0.3 is 0 Å². The second-order valence-corrected chi connectivity index (χ2v) is 7.46. The first-order valence-electron chi connectivity index (χ1n) is 9.82. The normalized spacial score (nSPS) is 20.1. The summed E-state index contributed by atoms with van der Waals surface area (Å²) in [4.78, 5) is 0. The van der Waals surface area contributed by atoms with Crippen LogP contribution in [0.5, 0.6) is 5.75 Å². The van der Waals surface area contributed by atoms with E-state index in [0.29, 0.717) is 5.92 Å². The Morgan fingerprint density at radius 1 is 0.962 bits per heavy atom. The second kappa shape index (κ2) is 9.16. The van der Waals surface area contributed by atoms with Crippen molar-refractivity contribution in [2.24, 2.45) is 5.92 Å². The Labute approximate surface area is 155 Å². The van der Waals surface area contributed by atoms with E-state index in [1.165, 1.54) is 62.6 Å². The molecule has 0 unspecified atom stereocenters. The molecule has 1 fully saturated rings. The van der Waals surface area contributed by atoms with Gasteiger partial charge in [0.05, 0.1) is 0 Å². The van der Waals surface area contributed by atoms with Gasteiger partial charge < -0.3 is 4.74 Å². The molecule has 0 bridgehead atoms. The summed E-state index contributed by atoms with van der Waals surface area (Å²) in [5.74, 6) is 0.410. The summed E-state index contributed by atoms with van der Waals surface area (Å²) in [6, 6.07) is 11.8. The van der Waals surface area contributed by atoms with Crippen molar-refractivity contribution >= 4 is 0 Å². The lowest BCUT2D eigenvalue weighted by molar-refractivity contribution is 0.289. The average Bonchev–Trinajstić information content (AvgIpc) is 2.66. The molecule has 0 aliphatic heterocycles. The molecule has 0 atom stereocenters. The van der Waals surface area contributed by atoms with E-state index < -0.39 is 11.6 Å². The van der Waals surface area contributed by atoms with Gasteiger partial charge in [0, 0.05) is 6.07 Å². The maximum absolute atomic E-state index is 13.6. The molecule has 0 saturated heterocycles. The Kier molecular flexibility index (Phi) is 6.65. The summed E-state index contributed by atoms with van der Waals surface area (Å²) < 4.78 is 32.0. The van der Waals surface area contributed by atoms with Gasteiger partial charge in [-0.1, -0.05) is 50.5 Å². The van der Waals surface area contributed by atoms with Gasteiger partial charge in [-0.25, -0.2) is 8.78 Å². The summed E-state index contributed by atoms with van der Waals surface area (Å²) in [7, 11) is 0. The van der Waals surface area contributed by atoms with Gasteiger partial charge in [-0.3, -0.25) is 0 Å². The third kappa shape index (κ3) is 5.06. The van der Waals surface area contributed by atoms with E-state index in [4.69, 9.17) is 4.74 Å². The summed E-state index contributed by atoms with van der Waals surface area (Å²) in [5, 5.41) is 0. The zero-order valence-electron chi connectivity index (χ0n) is 15.5. The number of unbranched alkanes of at least 4 members (excludes halogenated alkanes) is 1. The van der Waals surface area contributed by atoms with Gasteiger partial charge in [0.15, 0.2) is 11.6 Å². The Morgan fingerprint density at radius 2 is 1.69 bits per heavy atom. The molecule has 2 aromatic carbocycles. The van der Waals surface area contributed by atoms with Gasteiger partial charge in [0.1, 0.15) is 12.4 Å². The second-order valence-electron chi connectivity index (χ2n) is 7.46. The maximum Gasteiger partial charge on any atom is 0.167 e. The number of hydrogen-bond donors (Lipinski definition) is 0. The van der Waals surface area contributed by atoms with E-state index in [1.807, 2.05) is 0 Å². The SMILES string of the molecule is CCCC[C@H]1CC[C@H](c2ccc(COc3ccc(F)cc3F)cc2)CC1. The summed E-state index contributed by atoms with van der Waals surface area (Å²) in [5.41, 5.74) is 2.39. The van der Waals surface area contributed by atoms with Gasteiger partial charge in [-0.2, -0.15) is 0 Å². The molecular formula is C23H28F2O. The summed E-state index contributed by atoms with van der Waals surface area (Å²) in [6.45, 7) is 2.55. The molecule has 1 saturated carbocycles. The molecule has 26 heavy (non-hydrogen) atoms. The van der Waals surface area contributed by atoms with Crippen molar-refractivity contribution in [3.8, 4) is 5.75 Å². The maximum atomic E-state index is 13.6. The van der Waals surface area contributed by atoms with Gasteiger partial charge in [0.2, 0.25) is 0 Å². The van der Waals surface area contributed by atoms with E-state index in [2.05, 4.69) is 31.2 Å². The van der Waals surface area contributed by atoms with Crippen LogP contribution in [0.15, 0.2) is 42.5 Å². The molecule has 0 amide bonds. The van der Waals surface area contributed by atoms with Crippen LogP contribution in [0.4, 0.5) is 8.78 Å². The highest BCUT2D eigenvalue weighted by atomic mass is 19.1. The Bertz CT molecular complexity index is 688. The summed E-state index contributed by atoms with van der Waals surface area (Å²) in [6.07, 6.45) is 9.30. The predicted octanol–water partition coefficient (Wildman–Crippen LogP) is 7.01. The smallest absolute Gasteiger partial charge is 0.167 e. The highest BCUT2D eigenvalue weighted by Gasteiger charge is 2.21. The number of ether oxygens (including phenoxy) is 1. The van der Waals surface area contributed by atoms with E-state index in [-0.39, 0.29) is 12.4 Å². The largest absolute Gasteiger partial charge is 0.486 e. The molecule has 0 N–H and O–H groups in total. The van der Waals surface area contributed by atoms with Crippen LogP contribution >= 0.6 is 0 Å². The minimum absolute atomic E-state index is 0.0841. The minimum Gasteiger partial charge on any atom is -0.486 e. The highest BCUT2D eigenvalue weighted by molar-refractivity contribution is 5.28. The fourth-order valence-corrected chi connectivity index (χ4v) is 3.92. The Hall–Kier alpha value is -1.90. The van der Waals surface area contributed by atoms with Crippen LogP contribution in [0.1, 0.15) is 68.9 Å². The van der Waals surface area contributed by atoms with Gasteiger partial charge in [0.25, 0.3) is 0 Å². The monoisotopic (exact) mass is 358 g/mol. The van der Waals surface area contributed by atoms with Crippen LogP contribution in [0.3, 0.4) is 0 Å². The Balaban J connectivity index is 1.51. The van der Waals surface area contributed by atoms with E-state index in [1.54, 1.807) is 0 Å². The van der Waals surface area contributed by atoms with Gasteiger partial charge in [-0.05, 0) is 60.8 Å². The van der Waals surface area contributed by atoms with Crippen LogP contribution in [0.2, 0.25) is 0 Å². The molecule has 0 heterocycles. The molecule has 3 heteroatoms. The zero-order chi connectivity index (χ0) is 18.4. The van der Waals surface area contributed by atoms with Crippen molar-refractivity contribution < 1.29 is 13.5 Å². The van der Waals surface area contributed by atoms with E-state index >= 15 is 0 Å². The first-order chi connectivity index (χ1) is 12.7. The van der Waals surface area contributed by atoms with Crippen LogP contribution in [-0.4, -0.2) is 0 Å². The first-order valence-corrected chi connectivity index (χ1v) is 9.82. The van der Waals surface area contributed by atoms with Crippen molar-refractivity contribution in [1.82, 2.24) is 0 Å². The van der Waals surface area contributed by atoms with Crippen LogP contribution in [0.25, 0.3) is 0 Å². The number of benzene rings is 2. The molecule has 140 valence electrons. The topological polar surface area (TPSA) is 9.23 Å². The standard InChI is InChI=1S/C23H28F2O/c1-2-3-4-17-5-9-19(10-6-17)20-11-7-18(8-12-20)16-26-23-14-13-21(24)15-22(23)25/h7-8,11-15,17,19H,2-6,9-10,16H2,1H3/t17-,19-. The molecule has 1 aliphatic rings. The van der Waals surface area contributed by atoms with Crippen molar-refractivity contribution in [3.63, 3.8) is 0 Å². The lowest BCUT2D eigenvalue weighted by Gasteiger charge is -2.29. The van der Waals surface area contributed by atoms with Crippen molar-refractivity contribution in [2.45, 2.75) is 64.4 Å². The molecule has 0 aromatic heterocycles. The highest BCUT2D eigenvalue weighted by Crippen LogP contribution is 2.37. The minimum atomic E-state index is -0.665. The first kappa shape index (κ1) is 18.9. The summed E-state index contributed by atoms with van der Waals surface area (Å²) >= 11 is 0. The zero-order valence-corrected chi connectivity index (χ0v) is 15.5. The fourth-order valence-electron chi connectivity index (χ4n) is 3.92. The van der Waals surface area contributed by atoms with Crippen molar-refractivity contribution in [2.75, 3.05) is 0 Å². The average molecular weight is 358 g/mol. The molecular weight excluding hydrogens is 330 g/mol. The molecule has 0 spiro atoms.